The summed E-state index contributed by atoms with van der Waals surface area (Å²) in [5, 5.41) is 8.40. The van der Waals surface area contributed by atoms with E-state index in [9.17, 15) is 0 Å². The zero-order valence-electron chi connectivity index (χ0n) is 48.7. The van der Waals surface area contributed by atoms with Gasteiger partial charge in [-0.2, -0.15) is 0 Å². The van der Waals surface area contributed by atoms with Crippen molar-refractivity contribution in [2.75, 3.05) is 0 Å². The van der Waals surface area contributed by atoms with Crippen LogP contribution < -0.4 is 10.4 Å². The Kier molecular flexibility index (Phi) is 6.45. The fraction of sp³-hybridized carbons (Fsp3) is 0.153. The zero-order valence-corrected chi connectivity index (χ0v) is 48.7. The van der Waals surface area contributed by atoms with E-state index in [0.29, 0.717) is 0 Å². The van der Waals surface area contributed by atoms with E-state index < -0.39 is 0 Å². The van der Waals surface area contributed by atoms with Crippen molar-refractivity contribution in [3.63, 3.8) is 0 Å². The summed E-state index contributed by atoms with van der Waals surface area (Å²) < 4.78 is 5.64. The van der Waals surface area contributed by atoms with Crippen molar-refractivity contribution in [2.24, 2.45) is 9.98 Å². The number of pyridine rings is 2. The number of nitrogens with zero attached hydrogens (tertiary/aromatic N) is 6. The molecule has 4 aliphatic heterocycles. The molecule has 0 fully saturated rings. The molecular formula is C85H46N6. The average molecular weight is 1150 g/mol. The maximum Gasteiger partial charge on any atom is 0.0957 e. The number of fused-ring (bicyclic) bond motifs is 34. The van der Waals surface area contributed by atoms with Crippen molar-refractivity contribution < 1.29 is 0 Å². The van der Waals surface area contributed by atoms with Gasteiger partial charge in [-0.3, -0.25) is 20.0 Å². The molecule has 13 aromatic rings. The van der Waals surface area contributed by atoms with Crippen molar-refractivity contribution >= 4 is 67.2 Å². The summed E-state index contributed by atoms with van der Waals surface area (Å²) >= 11 is 0. The third kappa shape index (κ3) is 3.81. The molecule has 3 spiro atoms. The van der Waals surface area contributed by atoms with E-state index in [1.807, 2.05) is 0 Å². The molecule has 0 radical (unpaired) electrons. The zero-order chi connectivity index (χ0) is 57.5. The minimum Gasteiger partial charge on any atom is -0.326 e. The lowest BCUT2D eigenvalue weighted by molar-refractivity contribution is 0.325. The molecule has 2 bridgehead atoms. The number of hydrogen-bond donors (Lipinski definition) is 0. The van der Waals surface area contributed by atoms with E-state index in [2.05, 4.69) is 228 Å². The smallest absolute Gasteiger partial charge is 0.0957 e. The molecule has 9 aromatic carbocycles. The summed E-state index contributed by atoms with van der Waals surface area (Å²) in [5.41, 5.74) is 41.7. The first-order valence-electron chi connectivity index (χ1n) is 33.2. The molecule has 6 heteroatoms. The molecule has 0 amide bonds. The molecule has 0 N–H and O–H groups in total. The summed E-state index contributed by atoms with van der Waals surface area (Å²) in [6.07, 6.45) is 9.51. The molecule has 16 aliphatic rings. The highest BCUT2D eigenvalue weighted by molar-refractivity contribution is 6.33. The van der Waals surface area contributed by atoms with Gasteiger partial charge in [0.1, 0.15) is 0 Å². The van der Waals surface area contributed by atoms with Gasteiger partial charge >= 0.3 is 0 Å². The summed E-state index contributed by atoms with van der Waals surface area (Å²) in [5.74, 6) is 1.07. The van der Waals surface area contributed by atoms with Crippen LogP contribution in [0.2, 0.25) is 0 Å². The Hall–Kier alpha value is -10.6. The van der Waals surface area contributed by atoms with E-state index in [0.717, 1.165) is 0 Å². The van der Waals surface area contributed by atoms with Crippen LogP contribution in [-0.4, -0.2) is 31.5 Å². The van der Waals surface area contributed by atoms with Gasteiger partial charge in [-0.15, -0.1) is 0 Å². The van der Waals surface area contributed by atoms with Crippen LogP contribution in [0.4, 0.5) is 0 Å². The molecule has 4 aromatic heterocycles. The standard InChI is InChI=1S/C85H46N6/c1-3-19-39-37(17-1)57-38-18-2-4-20-40(38)58(39)77-63(57)59-53(33-86-77)90-54-34-87-79-69(72-42-22-6-12-28-48(42)84(72)51-31-15-9-25-45(51)75(79)84)61(54)66-67-62-56(36-89-80-70(62)73-43-23-7-13-29-49(43)85(73)52-32-16-10-26-46(52)76(80)85)91-55-35-88-78-68(60(55)65(82(67)91)64(59)81(66)90)71-41-21-5-11-27-47(41)83(71)50-30-14-8-24-44(50)74(78)83/h1-36,54,56-58,71-76H. The monoisotopic (exact) mass is 1150 g/mol. The molecule has 11 unspecified atom stereocenters. The third-order valence-corrected chi connectivity index (χ3v) is 27.3. The Bertz CT molecular complexity index is 6350. The van der Waals surface area contributed by atoms with E-state index in [4.69, 9.17) is 20.0 Å². The van der Waals surface area contributed by atoms with Crippen LogP contribution in [0.3, 0.4) is 0 Å². The lowest BCUT2D eigenvalue weighted by atomic mass is 9.42. The molecule has 8 heterocycles. The number of hydrogen-bond acceptors (Lipinski definition) is 4. The predicted molar refractivity (Wildman–Crippen MR) is 354 cm³/mol. The van der Waals surface area contributed by atoms with Crippen LogP contribution in [0.15, 0.2) is 239 Å². The first-order valence-corrected chi connectivity index (χ1v) is 33.2. The Morgan fingerprint density at radius 1 is 0.297 bits per heavy atom. The second-order valence-electron chi connectivity index (χ2n) is 29.3. The first-order chi connectivity index (χ1) is 45.3. The van der Waals surface area contributed by atoms with Crippen LogP contribution in [0.25, 0.3) is 54.8 Å². The number of rotatable bonds is 0. The molecule has 0 saturated heterocycles. The van der Waals surface area contributed by atoms with E-state index >= 15 is 0 Å². The molecule has 6 nitrogen and oxygen atoms in total. The van der Waals surface area contributed by atoms with Crippen molar-refractivity contribution in [3.05, 3.63) is 351 Å². The Morgan fingerprint density at radius 2 is 0.637 bits per heavy atom. The summed E-state index contributed by atoms with van der Waals surface area (Å²) in [4.78, 5) is 23.8. The number of aromatic nitrogens is 4. The van der Waals surface area contributed by atoms with Gasteiger partial charge in [0.2, 0.25) is 0 Å². The lowest BCUT2D eigenvalue weighted by Crippen LogP contribution is -2.53. The van der Waals surface area contributed by atoms with Gasteiger partial charge in [0.15, 0.2) is 0 Å². The number of aliphatic imine (C=N–C) groups is 2. The maximum atomic E-state index is 5.98. The molecule has 29 rings (SSSR count). The van der Waals surface area contributed by atoms with Crippen LogP contribution in [0, 0.1) is 0 Å². The Balaban J connectivity index is 0.872. The minimum atomic E-state index is -0.166. The molecule has 11 atom stereocenters. The van der Waals surface area contributed by atoms with Crippen LogP contribution in [0.5, 0.6) is 0 Å². The predicted octanol–water partition coefficient (Wildman–Crippen LogP) is 15.0. The summed E-state index contributed by atoms with van der Waals surface area (Å²) in [7, 11) is 0. The van der Waals surface area contributed by atoms with E-state index in [1.54, 1.807) is 0 Å². The number of benzene rings is 9. The third-order valence-electron chi connectivity index (χ3n) is 27.3. The quantitative estimate of drug-likeness (QED) is 0.152. The Morgan fingerprint density at radius 3 is 1.08 bits per heavy atom. The fourth-order valence-electron chi connectivity index (χ4n) is 25.1. The van der Waals surface area contributed by atoms with Gasteiger partial charge in [-0.05, 0) is 122 Å². The maximum absolute atomic E-state index is 5.98. The highest BCUT2D eigenvalue weighted by Crippen LogP contribution is 2.82. The largest absolute Gasteiger partial charge is 0.326 e. The van der Waals surface area contributed by atoms with Gasteiger partial charge in [0.25, 0.3) is 0 Å². The van der Waals surface area contributed by atoms with Crippen molar-refractivity contribution in [1.82, 2.24) is 19.1 Å². The van der Waals surface area contributed by atoms with E-state index in [1.165, 1.54) is 199 Å². The highest BCUT2D eigenvalue weighted by Gasteiger charge is 2.75. The highest BCUT2D eigenvalue weighted by atomic mass is 15.1. The summed E-state index contributed by atoms with van der Waals surface area (Å²) in [6.45, 7) is 0. The van der Waals surface area contributed by atoms with Crippen molar-refractivity contribution in [2.45, 2.75) is 75.7 Å². The van der Waals surface area contributed by atoms with Crippen LogP contribution >= 0.6 is 0 Å². The van der Waals surface area contributed by atoms with E-state index in [-0.39, 0.29) is 75.7 Å². The molecule has 12 aliphatic carbocycles. The molecule has 91 heavy (non-hydrogen) atoms. The second kappa shape index (κ2) is 13.3. The van der Waals surface area contributed by atoms with Gasteiger partial charge < -0.3 is 9.13 Å². The lowest BCUT2D eigenvalue weighted by Gasteiger charge is -2.59. The minimum absolute atomic E-state index is 0.00795. The van der Waals surface area contributed by atoms with Crippen molar-refractivity contribution in [1.29, 1.82) is 0 Å². The first kappa shape index (κ1) is 44.0. The SMILES string of the molecule is C1=NC2=C(C3=c4c5c6c(c7c8c(ncc7n6C6C=NC7=C(C=56)C5c6ccccc6C56c5ccccc5C76)C5c6ccccc6C56c5ccccc5C86)c5c6c7c(ncc6n(c45)C13)C1c3ccccc3C7c3ccccc31)C1c3ccccc3C13c1ccccc1C23. The van der Waals surface area contributed by atoms with Crippen molar-refractivity contribution in [3.8, 4) is 0 Å². The molecular weight excluding hydrogens is 1100 g/mol. The Labute approximate surface area is 520 Å². The van der Waals surface area contributed by atoms with Crippen LogP contribution in [-0.2, 0) is 16.2 Å². The van der Waals surface area contributed by atoms with Gasteiger partial charge in [-0.25, -0.2) is 0 Å². The number of allylic oxidation sites excluding steroid dienone is 4. The average Bonchev–Trinajstić information content (AvgIpc) is 1.48. The van der Waals surface area contributed by atoms with Crippen LogP contribution in [0.1, 0.15) is 171 Å². The summed E-state index contributed by atoms with van der Waals surface area (Å²) in [6, 6.07) is 75.0. The van der Waals surface area contributed by atoms with Gasteiger partial charge in [0.05, 0.1) is 75.2 Å². The fourth-order valence-corrected chi connectivity index (χ4v) is 25.1. The molecule has 416 valence electrons. The topological polar surface area (TPSA) is 60.4 Å². The molecule has 0 saturated carbocycles. The van der Waals surface area contributed by atoms with Gasteiger partial charge in [0, 0.05) is 102 Å². The second-order valence-corrected chi connectivity index (χ2v) is 29.3. The van der Waals surface area contributed by atoms with Gasteiger partial charge in [-0.1, -0.05) is 194 Å². The normalized spacial score (nSPS) is 30.8.